The van der Waals surface area contributed by atoms with Crippen LogP contribution < -0.4 is 0 Å². The summed E-state index contributed by atoms with van der Waals surface area (Å²) in [5.74, 6) is 0.391. The number of nitrogens with one attached hydrogen (secondary N) is 1. The van der Waals surface area contributed by atoms with E-state index in [1.165, 1.54) is 11.8 Å². The number of nitrogens with zero attached hydrogens (tertiary/aromatic N) is 4. The van der Waals surface area contributed by atoms with E-state index in [1.807, 2.05) is 38.1 Å². The summed E-state index contributed by atoms with van der Waals surface area (Å²) in [4.78, 5) is 12.2. The SMILES string of the molecule is CCCCn1c(SC(C)C(O)=C(C#N)c2nc3ccccc3[nH]2)nc(C)c1C. The van der Waals surface area contributed by atoms with E-state index in [0.29, 0.717) is 5.82 Å². The maximum Gasteiger partial charge on any atom is 0.169 e. The number of aromatic nitrogens is 4. The number of para-hydroxylation sites is 2. The standard InChI is InChI=1S/C21H25N5OS/c1-5-6-11-26-14(3)13(2)23-21(26)28-15(4)19(27)16(12-22)20-24-17-9-7-8-10-18(17)25-20/h7-10,15,27H,5-6,11H2,1-4H3,(H,24,25). The molecule has 3 rings (SSSR count). The van der Waals surface area contributed by atoms with Crippen molar-refractivity contribution in [1.82, 2.24) is 19.5 Å². The van der Waals surface area contributed by atoms with Crippen LogP contribution in [0.5, 0.6) is 0 Å². The van der Waals surface area contributed by atoms with Gasteiger partial charge in [-0.3, -0.25) is 0 Å². The van der Waals surface area contributed by atoms with E-state index in [0.717, 1.165) is 47.0 Å². The van der Waals surface area contributed by atoms with Crippen molar-refractivity contribution >= 4 is 28.4 Å². The van der Waals surface area contributed by atoms with E-state index < -0.39 is 0 Å². The minimum Gasteiger partial charge on any atom is -0.510 e. The first kappa shape index (κ1) is 20.0. The van der Waals surface area contributed by atoms with Crippen LogP contribution in [-0.2, 0) is 6.54 Å². The fraction of sp³-hybridized carbons (Fsp3) is 0.381. The largest absolute Gasteiger partial charge is 0.510 e. The van der Waals surface area contributed by atoms with Gasteiger partial charge in [0.1, 0.15) is 17.4 Å². The lowest BCUT2D eigenvalue weighted by Crippen LogP contribution is -2.08. The van der Waals surface area contributed by atoms with Gasteiger partial charge in [0.05, 0.1) is 22.0 Å². The molecule has 7 heteroatoms. The number of rotatable bonds is 7. The number of unbranched alkanes of at least 4 members (excludes halogenated alkanes) is 1. The molecule has 28 heavy (non-hydrogen) atoms. The molecule has 0 aliphatic carbocycles. The molecule has 0 spiro atoms. The molecule has 0 bridgehead atoms. The number of aryl methyl sites for hydroxylation is 1. The second-order valence-electron chi connectivity index (χ2n) is 6.81. The molecule has 0 amide bonds. The molecule has 1 atom stereocenters. The number of fused-ring (bicyclic) bond motifs is 1. The summed E-state index contributed by atoms with van der Waals surface area (Å²) >= 11 is 1.46. The van der Waals surface area contributed by atoms with E-state index in [1.54, 1.807) is 0 Å². The molecule has 0 radical (unpaired) electrons. The molecule has 2 N–H and O–H groups in total. The lowest BCUT2D eigenvalue weighted by Gasteiger charge is -2.14. The van der Waals surface area contributed by atoms with E-state index in [4.69, 9.17) is 0 Å². The molecule has 0 aliphatic heterocycles. The van der Waals surface area contributed by atoms with Gasteiger partial charge in [0, 0.05) is 12.2 Å². The van der Waals surface area contributed by atoms with Gasteiger partial charge in [-0.15, -0.1) is 0 Å². The number of nitriles is 1. The van der Waals surface area contributed by atoms with Crippen LogP contribution in [0.4, 0.5) is 0 Å². The molecule has 0 aliphatic rings. The zero-order valence-electron chi connectivity index (χ0n) is 16.7. The Balaban J connectivity index is 1.91. The Hall–Kier alpha value is -2.72. The number of aromatic amines is 1. The summed E-state index contributed by atoms with van der Waals surface area (Å²) in [7, 11) is 0. The van der Waals surface area contributed by atoms with Crippen LogP contribution in [-0.4, -0.2) is 29.9 Å². The van der Waals surface area contributed by atoms with Crippen LogP contribution in [0.25, 0.3) is 16.6 Å². The van der Waals surface area contributed by atoms with Gasteiger partial charge in [0.25, 0.3) is 0 Å². The normalized spacial score (nSPS) is 13.4. The van der Waals surface area contributed by atoms with Crippen LogP contribution in [0.15, 0.2) is 35.2 Å². The van der Waals surface area contributed by atoms with Crippen molar-refractivity contribution in [2.75, 3.05) is 0 Å². The molecular weight excluding hydrogens is 370 g/mol. The zero-order valence-corrected chi connectivity index (χ0v) is 17.5. The number of H-pyrrole nitrogens is 1. The Morgan fingerprint density at radius 1 is 1.32 bits per heavy atom. The second kappa shape index (κ2) is 8.53. The molecular formula is C21H25N5OS. The summed E-state index contributed by atoms with van der Waals surface area (Å²) in [5, 5.41) is 21.0. The lowest BCUT2D eigenvalue weighted by atomic mass is 10.2. The van der Waals surface area contributed by atoms with Gasteiger partial charge in [-0.25, -0.2) is 9.97 Å². The second-order valence-corrected chi connectivity index (χ2v) is 8.11. The minimum atomic E-state index is -0.329. The van der Waals surface area contributed by atoms with Crippen molar-refractivity contribution in [3.8, 4) is 6.07 Å². The molecule has 0 saturated carbocycles. The van der Waals surface area contributed by atoms with Gasteiger partial charge in [-0.05, 0) is 39.3 Å². The van der Waals surface area contributed by atoms with Crippen LogP contribution in [0.3, 0.4) is 0 Å². The number of hydrogen-bond acceptors (Lipinski definition) is 5. The quantitative estimate of drug-likeness (QED) is 0.328. The van der Waals surface area contributed by atoms with Crippen molar-refractivity contribution in [3.05, 3.63) is 47.2 Å². The third-order valence-electron chi connectivity index (χ3n) is 4.82. The van der Waals surface area contributed by atoms with Crippen LogP contribution in [0, 0.1) is 25.2 Å². The Bertz CT molecular complexity index is 1020. The predicted molar refractivity (Wildman–Crippen MR) is 113 cm³/mol. The summed E-state index contributed by atoms with van der Waals surface area (Å²) in [5.41, 5.74) is 3.90. The van der Waals surface area contributed by atoms with Gasteiger partial charge in [-0.1, -0.05) is 37.2 Å². The molecule has 1 unspecified atom stereocenters. The number of aliphatic hydroxyl groups excluding tert-OH is 1. The number of benzene rings is 1. The molecule has 1 aromatic carbocycles. The molecule has 3 aromatic rings. The highest BCUT2D eigenvalue weighted by Crippen LogP contribution is 2.31. The fourth-order valence-electron chi connectivity index (χ4n) is 3.01. The van der Waals surface area contributed by atoms with Gasteiger partial charge in [0.2, 0.25) is 0 Å². The topological polar surface area (TPSA) is 90.5 Å². The Kier molecular flexibility index (Phi) is 6.10. The van der Waals surface area contributed by atoms with Gasteiger partial charge in [0.15, 0.2) is 11.0 Å². The molecule has 0 saturated heterocycles. The van der Waals surface area contributed by atoms with Crippen molar-refractivity contribution in [3.63, 3.8) is 0 Å². The van der Waals surface area contributed by atoms with Crippen LogP contribution >= 0.6 is 11.8 Å². The zero-order chi connectivity index (χ0) is 20.3. The average molecular weight is 396 g/mol. The van der Waals surface area contributed by atoms with Crippen molar-refractivity contribution in [1.29, 1.82) is 5.26 Å². The highest BCUT2D eigenvalue weighted by atomic mass is 32.2. The highest BCUT2D eigenvalue weighted by Gasteiger charge is 2.22. The van der Waals surface area contributed by atoms with E-state index in [9.17, 15) is 10.4 Å². The molecule has 146 valence electrons. The Labute approximate surface area is 169 Å². The predicted octanol–water partition coefficient (Wildman–Crippen LogP) is 5.15. The Morgan fingerprint density at radius 2 is 2.07 bits per heavy atom. The maximum absolute atomic E-state index is 10.8. The van der Waals surface area contributed by atoms with E-state index in [2.05, 4.69) is 39.4 Å². The summed E-state index contributed by atoms with van der Waals surface area (Å²) in [6.45, 7) is 9.01. The van der Waals surface area contributed by atoms with Crippen molar-refractivity contribution < 1.29 is 5.11 Å². The number of aliphatic hydroxyl groups is 1. The molecule has 6 nitrogen and oxygen atoms in total. The monoisotopic (exact) mass is 395 g/mol. The molecule has 2 aromatic heterocycles. The summed E-state index contributed by atoms with van der Waals surface area (Å²) in [6, 6.07) is 9.66. The molecule has 0 fully saturated rings. The van der Waals surface area contributed by atoms with E-state index in [-0.39, 0.29) is 16.6 Å². The number of imidazole rings is 2. The van der Waals surface area contributed by atoms with Crippen molar-refractivity contribution in [2.45, 2.75) is 57.5 Å². The minimum absolute atomic E-state index is 0.00639. The Morgan fingerprint density at radius 3 is 2.75 bits per heavy atom. The summed E-state index contributed by atoms with van der Waals surface area (Å²) in [6.07, 6.45) is 2.18. The first-order valence-corrected chi connectivity index (χ1v) is 10.3. The van der Waals surface area contributed by atoms with Gasteiger partial charge in [-0.2, -0.15) is 5.26 Å². The smallest absolute Gasteiger partial charge is 0.169 e. The number of thioether (sulfide) groups is 1. The third-order valence-corrected chi connectivity index (χ3v) is 5.92. The number of hydrogen-bond donors (Lipinski definition) is 2. The fourth-order valence-corrected chi connectivity index (χ4v) is 4.10. The van der Waals surface area contributed by atoms with Gasteiger partial charge >= 0.3 is 0 Å². The molecule has 2 heterocycles. The van der Waals surface area contributed by atoms with Gasteiger partial charge < -0.3 is 14.7 Å². The van der Waals surface area contributed by atoms with Crippen molar-refractivity contribution in [2.24, 2.45) is 0 Å². The average Bonchev–Trinajstić information content (AvgIpc) is 3.22. The third kappa shape index (κ3) is 3.92. The summed E-state index contributed by atoms with van der Waals surface area (Å²) < 4.78 is 2.19. The van der Waals surface area contributed by atoms with Crippen LogP contribution in [0.2, 0.25) is 0 Å². The van der Waals surface area contributed by atoms with E-state index >= 15 is 0 Å². The first-order valence-electron chi connectivity index (χ1n) is 9.45. The lowest BCUT2D eigenvalue weighted by molar-refractivity contribution is 0.401. The van der Waals surface area contributed by atoms with Crippen LogP contribution in [0.1, 0.15) is 43.9 Å². The maximum atomic E-state index is 10.8. The highest BCUT2D eigenvalue weighted by molar-refractivity contribution is 7.99. The first-order chi connectivity index (χ1) is 13.5. The number of allylic oxidation sites excluding steroid dienone is 1.